The molecule has 0 spiro atoms. The van der Waals surface area contributed by atoms with Crippen LogP contribution in [0.4, 0.5) is 0 Å². The zero-order valence-electron chi connectivity index (χ0n) is 9.99. The van der Waals surface area contributed by atoms with Gasteiger partial charge >= 0.3 is 0 Å². The van der Waals surface area contributed by atoms with Gasteiger partial charge in [0, 0.05) is 32.1 Å². The molecule has 2 rings (SSSR count). The first-order valence-corrected chi connectivity index (χ1v) is 6.09. The van der Waals surface area contributed by atoms with Gasteiger partial charge in [0.15, 0.2) is 0 Å². The molecule has 2 fully saturated rings. The first kappa shape index (κ1) is 10.9. The zero-order chi connectivity index (χ0) is 11.0. The van der Waals surface area contributed by atoms with Crippen molar-refractivity contribution in [2.75, 3.05) is 26.2 Å². The molecule has 0 aromatic heterocycles. The van der Waals surface area contributed by atoms with Crippen molar-refractivity contribution >= 4 is 5.91 Å². The van der Waals surface area contributed by atoms with Gasteiger partial charge in [-0.2, -0.15) is 0 Å². The average Bonchev–Trinajstić information content (AvgIpc) is 2.74. The van der Waals surface area contributed by atoms with Gasteiger partial charge in [0.05, 0.1) is 0 Å². The van der Waals surface area contributed by atoms with E-state index in [-0.39, 0.29) is 5.92 Å². The van der Waals surface area contributed by atoms with Crippen LogP contribution in [0.2, 0.25) is 0 Å². The smallest absolute Gasteiger partial charge is 0.225 e. The summed E-state index contributed by atoms with van der Waals surface area (Å²) in [5.74, 6) is 2.42. The summed E-state index contributed by atoms with van der Waals surface area (Å²) < 4.78 is 0. The van der Waals surface area contributed by atoms with Crippen molar-refractivity contribution in [3.8, 4) is 0 Å². The second kappa shape index (κ2) is 4.12. The molecule has 2 aliphatic heterocycles. The highest BCUT2D eigenvalue weighted by Gasteiger charge is 2.39. The fourth-order valence-electron chi connectivity index (χ4n) is 2.61. The highest BCUT2D eigenvalue weighted by atomic mass is 16.2. The summed E-state index contributed by atoms with van der Waals surface area (Å²) in [5.41, 5.74) is 0. The summed E-state index contributed by atoms with van der Waals surface area (Å²) in [5, 5.41) is 3.40. The fourth-order valence-corrected chi connectivity index (χ4v) is 2.61. The maximum absolute atomic E-state index is 12.1. The number of carbonyl (C=O) groups is 1. The summed E-state index contributed by atoms with van der Waals surface area (Å²) in [7, 11) is 0. The number of hydrogen-bond acceptors (Lipinski definition) is 2. The molecule has 0 aromatic rings. The van der Waals surface area contributed by atoms with E-state index in [4.69, 9.17) is 0 Å². The standard InChI is InChI=1S/C12H22N2O/c1-8(2)9(3)12(15)14-6-10-4-13-5-11(10)7-14/h8-11,13H,4-7H2,1-3H3/t9?,10-,11+. The van der Waals surface area contributed by atoms with E-state index in [0.717, 1.165) is 26.2 Å². The van der Waals surface area contributed by atoms with Gasteiger partial charge in [0.1, 0.15) is 0 Å². The number of hydrogen-bond donors (Lipinski definition) is 1. The lowest BCUT2D eigenvalue weighted by atomic mass is 9.97. The number of nitrogens with zero attached hydrogens (tertiary/aromatic N) is 1. The van der Waals surface area contributed by atoms with E-state index in [1.807, 2.05) is 0 Å². The quantitative estimate of drug-likeness (QED) is 0.736. The fraction of sp³-hybridized carbons (Fsp3) is 0.917. The summed E-state index contributed by atoms with van der Waals surface area (Å²) in [6.07, 6.45) is 0. The maximum Gasteiger partial charge on any atom is 0.225 e. The lowest BCUT2D eigenvalue weighted by Gasteiger charge is -2.23. The third-order valence-electron chi connectivity index (χ3n) is 4.09. The van der Waals surface area contributed by atoms with Crippen LogP contribution >= 0.6 is 0 Å². The Morgan fingerprint density at radius 2 is 1.73 bits per heavy atom. The second-order valence-corrected chi connectivity index (χ2v) is 5.45. The first-order chi connectivity index (χ1) is 7.09. The molecule has 3 atom stereocenters. The molecule has 0 aliphatic carbocycles. The van der Waals surface area contributed by atoms with E-state index in [2.05, 4.69) is 31.0 Å². The molecular formula is C12H22N2O. The summed E-state index contributed by atoms with van der Waals surface area (Å²) >= 11 is 0. The summed E-state index contributed by atoms with van der Waals surface area (Å²) in [6, 6.07) is 0. The Kier molecular flexibility index (Phi) is 3.01. The van der Waals surface area contributed by atoms with Crippen LogP contribution in [0.5, 0.6) is 0 Å². The Hall–Kier alpha value is -0.570. The molecule has 86 valence electrons. The van der Waals surface area contributed by atoms with Gasteiger partial charge in [-0.1, -0.05) is 20.8 Å². The topological polar surface area (TPSA) is 32.3 Å². The molecule has 2 saturated heterocycles. The van der Waals surface area contributed by atoms with E-state index < -0.39 is 0 Å². The van der Waals surface area contributed by atoms with E-state index >= 15 is 0 Å². The van der Waals surface area contributed by atoms with Crippen LogP contribution in [0.15, 0.2) is 0 Å². The second-order valence-electron chi connectivity index (χ2n) is 5.45. The van der Waals surface area contributed by atoms with Gasteiger partial charge in [0.25, 0.3) is 0 Å². The van der Waals surface area contributed by atoms with Gasteiger partial charge in [-0.25, -0.2) is 0 Å². The molecule has 1 unspecified atom stereocenters. The number of carbonyl (C=O) groups excluding carboxylic acids is 1. The number of amides is 1. The minimum Gasteiger partial charge on any atom is -0.342 e. The van der Waals surface area contributed by atoms with E-state index in [0.29, 0.717) is 23.7 Å². The highest BCUT2D eigenvalue weighted by molar-refractivity contribution is 5.79. The Morgan fingerprint density at radius 3 is 2.20 bits per heavy atom. The Bertz CT molecular complexity index is 240. The Balaban J connectivity index is 1.93. The monoisotopic (exact) mass is 210 g/mol. The molecule has 0 aromatic carbocycles. The van der Waals surface area contributed by atoms with E-state index in [9.17, 15) is 4.79 Å². The first-order valence-electron chi connectivity index (χ1n) is 6.09. The van der Waals surface area contributed by atoms with Crippen LogP contribution in [0, 0.1) is 23.7 Å². The molecule has 2 aliphatic rings. The van der Waals surface area contributed by atoms with Gasteiger partial charge in [-0.05, 0) is 17.8 Å². The lowest BCUT2D eigenvalue weighted by Crippen LogP contribution is -2.37. The van der Waals surface area contributed by atoms with Crippen molar-refractivity contribution < 1.29 is 4.79 Å². The van der Waals surface area contributed by atoms with Crippen LogP contribution < -0.4 is 5.32 Å². The molecule has 15 heavy (non-hydrogen) atoms. The number of rotatable bonds is 2. The zero-order valence-corrected chi connectivity index (χ0v) is 9.99. The molecule has 3 heteroatoms. The van der Waals surface area contributed by atoms with Crippen molar-refractivity contribution in [3.63, 3.8) is 0 Å². The Morgan fingerprint density at radius 1 is 1.20 bits per heavy atom. The SMILES string of the molecule is CC(C)C(C)C(=O)N1C[C@H]2CNC[C@H]2C1. The molecule has 3 nitrogen and oxygen atoms in total. The van der Waals surface area contributed by atoms with Crippen LogP contribution in [0.1, 0.15) is 20.8 Å². The van der Waals surface area contributed by atoms with Gasteiger partial charge in [-0.3, -0.25) is 4.79 Å². The summed E-state index contributed by atoms with van der Waals surface area (Å²) in [6.45, 7) is 10.5. The van der Waals surface area contributed by atoms with Crippen molar-refractivity contribution in [2.45, 2.75) is 20.8 Å². The molecular weight excluding hydrogens is 188 g/mol. The van der Waals surface area contributed by atoms with Crippen LogP contribution in [-0.2, 0) is 4.79 Å². The predicted octanol–water partition coefficient (Wildman–Crippen LogP) is 0.956. The van der Waals surface area contributed by atoms with E-state index in [1.165, 1.54) is 0 Å². The average molecular weight is 210 g/mol. The van der Waals surface area contributed by atoms with Crippen molar-refractivity contribution in [1.82, 2.24) is 10.2 Å². The molecule has 0 radical (unpaired) electrons. The maximum atomic E-state index is 12.1. The largest absolute Gasteiger partial charge is 0.342 e. The number of nitrogens with one attached hydrogen (secondary N) is 1. The number of likely N-dealkylation sites (tertiary alicyclic amines) is 1. The molecule has 0 saturated carbocycles. The molecule has 1 N–H and O–H groups in total. The highest BCUT2D eigenvalue weighted by Crippen LogP contribution is 2.28. The molecule has 1 amide bonds. The minimum atomic E-state index is 0.178. The third-order valence-corrected chi connectivity index (χ3v) is 4.09. The number of fused-ring (bicyclic) bond motifs is 1. The van der Waals surface area contributed by atoms with Crippen LogP contribution in [-0.4, -0.2) is 37.0 Å². The van der Waals surface area contributed by atoms with E-state index in [1.54, 1.807) is 0 Å². The lowest BCUT2D eigenvalue weighted by molar-refractivity contribution is -0.135. The van der Waals surface area contributed by atoms with Crippen molar-refractivity contribution in [2.24, 2.45) is 23.7 Å². The van der Waals surface area contributed by atoms with Gasteiger partial charge in [-0.15, -0.1) is 0 Å². The normalized spacial score (nSPS) is 32.1. The Labute approximate surface area is 92.2 Å². The van der Waals surface area contributed by atoms with Crippen molar-refractivity contribution in [3.05, 3.63) is 0 Å². The predicted molar refractivity (Wildman–Crippen MR) is 60.4 cm³/mol. The van der Waals surface area contributed by atoms with Gasteiger partial charge in [0.2, 0.25) is 5.91 Å². The van der Waals surface area contributed by atoms with Gasteiger partial charge < -0.3 is 10.2 Å². The van der Waals surface area contributed by atoms with Crippen LogP contribution in [0.25, 0.3) is 0 Å². The molecule has 0 bridgehead atoms. The van der Waals surface area contributed by atoms with Crippen LogP contribution in [0.3, 0.4) is 0 Å². The third kappa shape index (κ3) is 2.03. The van der Waals surface area contributed by atoms with Crippen molar-refractivity contribution in [1.29, 1.82) is 0 Å². The summed E-state index contributed by atoms with van der Waals surface area (Å²) in [4.78, 5) is 14.2. The minimum absolute atomic E-state index is 0.178. The molecule has 2 heterocycles.